The molecule has 0 aromatic heterocycles. The van der Waals surface area contributed by atoms with Gasteiger partial charge in [0.15, 0.2) is 0 Å². The van der Waals surface area contributed by atoms with E-state index in [1.165, 1.54) is 11.3 Å². The van der Waals surface area contributed by atoms with E-state index in [2.05, 4.69) is 41.5 Å². The van der Waals surface area contributed by atoms with Gasteiger partial charge < -0.3 is 10.6 Å². The van der Waals surface area contributed by atoms with E-state index in [1.54, 1.807) is 11.8 Å². The minimum Gasteiger partial charge on any atom is -0.346 e. The van der Waals surface area contributed by atoms with Crippen molar-refractivity contribution >= 4 is 11.8 Å². The van der Waals surface area contributed by atoms with Crippen LogP contribution in [0.3, 0.4) is 0 Å². The van der Waals surface area contributed by atoms with Crippen molar-refractivity contribution in [1.82, 2.24) is 4.90 Å². The van der Waals surface area contributed by atoms with Gasteiger partial charge in [-0.2, -0.15) is 0 Å². The van der Waals surface area contributed by atoms with Gasteiger partial charge in [-0.05, 0) is 17.9 Å². The summed E-state index contributed by atoms with van der Waals surface area (Å²) < 4.78 is 0. The molecule has 74 valence electrons. The van der Waals surface area contributed by atoms with Crippen molar-refractivity contribution in [3.05, 3.63) is 47.0 Å². The second-order valence-corrected chi connectivity index (χ2v) is 4.39. The standard InChI is InChI=1S/C11H14N2S/c1-9-8-14-11(12)13(9)7-10-5-3-2-4-6-10/h2-6,8,11H,7,12H2,1H3. The Labute approximate surface area is 88.8 Å². The van der Waals surface area contributed by atoms with Crippen molar-refractivity contribution < 1.29 is 0 Å². The fraction of sp³-hybridized carbons (Fsp3) is 0.273. The summed E-state index contributed by atoms with van der Waals surface area (Å²) in [6, 6.07) is 10.4. The average molecular weight is 206 g/mol. The van der Waals surface area contributed by atoms with E-state index in [0.717, 1.165) is 6.54 Å². The quantitative estimate of drug-likeness (QED) is 0.805. The van der Waals surface area contributed by atoms with Crippen LogP contribution >= 0.6 is 11.8 Å². The van der Waals surface area contributed by atoms with E-state index in [4.69, 9.17) is 5.73 Å². The van der Waals surface area contributed by atoms with Gasteiger partial charge in [0.05, 0.1) is 0 Å². The fourth-order valence-corrected chi connectivity index (χ4v) is 2.36. The Morgan fingerprint density at radius 1 is 1.36 bits per heavy atom. The zero-order chi connectivity index (χ0) is 9.97. The van der Waals surface area contributed by atoms with Gasteiger partial charge >= 0.3 is 0 Å². The van der Waals surface area contributed by atoms with Crippen molar-refractivity contribution in [2.24, 2.45) is 5.73 Å². The van der Waals surface area contributed by atoms with Gasteiger partial charge in [-0.25, -0.2) is 0 Å². The summed E-state index contributed by atoms with van der Waals surface area (Å²) in [4.78, 5) is 2.21. The Bertz CT molecular complexity index is 334. The molecule has 1 aliphatic heterocycles. The molecule has 14 heavy (non-hydrogen) atoms. The fourth-order valence-electron chi connectivity index (χ4n) is 1.50. The molecule has 3 heteroatoms. The molecule has 1 heterocycles. The van der Waals surface area contributed by atoms with Gasteiger partial charge in [0.2, 0.25) is 0 Å². The molecule has 0 spiro atoms. The lowest BCUT2D eigenvalue weighted by molar-refractivity contribution is 0.330. The summed E-state index contributed by atoms with van der Waals surface area (Å²) in [5.41, 5.74) is 8.59. The average Bonchev–Trinajstić information content (AvgIpc) is 2.51. The number of thioether (sulfide) groups is 1. The summed E-state index contributed by atoms with van der Waals surface area (Å²) in [5, 5.41) is 2.12. The molecule has 1 atom stereocenters. The van der Waals surface area contributed by atoms with Crippen LogP contribution in [0.4, 0.5) is 0 Å². The van der Waals surface area contributed by atoms with Crippen LogP contribution in [-0.4, -0.2) is 10.4 Å². The summed E-state index contributed by atoms with van der Waals surface area (Å²) in [6.45, 7) is 3.00. The molecule has 0 fully saturated rings. The summed E-state index contributed by atoms with van der Waals surface area (Å²) >= 11 is 1.67. The van der Waals surface area contributed by atoms with Gasteiger partial charge in [-0.15, -0.1) is 0 Å². The summed E-state index contributed by atoms with van der Waals surface area (Å²) in [7, 11) is 0. The monoisotopic (exact) mass is 206 g/mol. The predicted molar refractivity (Wildman–Crippen MR) is 61.3 cm³/mol. The first-order chi connectivity index (χ1) is 6.77. The molecule has 0 aliphatic carbocycles. The van der Waals surface area contributed by atoms with E-state index < -0.39 is 0 Å². The number of nitrogens with two attached hydrogens (primary N) is 1. The molecule has 2 nitrogen and oxygen atoms in total. The zero-order valence-electron chi connectivity index (χ0n) is 8.18. The van der Waals surface area contributed by atoms with E-state index >= 15 is 0 Å². The minimum atomic E-state index is 0.0789. The molecule has 0 amide bonds. The second kappa shape index (κ2) is 4.07. The second-order valence-electron chi connectivity index (χ2n) is 3.40. The molecule has 1 aliphatic rings. The molecule has 1 unspecified atom stereocenters. The maximum Gasteiger partial charge on any atom is 0.129 e. The van der Waals surface area contributed by atoms with Crippen LogP contribution in [0.2, 0.25) is 0 Å². The van der Waals surface area contributed by atoms with Crippen LogP contribution in [-0.2, 0) is 6.54 Å². The molecule has 2 rings (SSSR count). The van der Waals surface area contributed by atoms with Crippen LogP contribution in [0.15, 0.2) is 41.4 Å². The van der Waals surface area contributed by atoms with Gasteiger partial charge in [0, 0.05) is 12.2 Å². The molecule has 1 aromatic carbocycles. The lowest BCUT2D eigenvalue weighted by atomic mass is 10.2. The maximum atomic E-state index is 5.95. The van der Waals surface area contributed by atoms with Gasteiger partial charge in [0.1, 0.15) is 5.50 Å². The molecule has 0 bridgehead atoms. The zero-order valence-corrected chi connectivity index (χ0v) is 9.00. The summed E-state index contributed by atoms with van der Waals surface area (Å²) in [5.74, 6) is 0. The van der Waals surface area contributed by atoms with E-state index in [0.29, 0.717) is 0 Å². The predicted octanol–water partition coefficient (Wildman–Crippen LogP) is 2.34. The third-order valence-electron chi connectivity index (χ3n) is 2.33. The Balaban J connectivity index is 2.08. The number of allylic oxidation sites excluding steroid dienone is 1. The highest BCUT2D eigenvalue weighted by molar-refractivity contribution is 8.02. The topological polar surface area (TPSA) is 29.3 Å². The van der Waals surface area contributed by atoms with Gasteiger partial charge in [-0.3, -0.25) is 0 Å². The highest BCUT2D eigenvalue weighted by Crippen LogP contribution is 2.28. The molecule has 2 N–H and O–H groups in total. The Kier molecular flexibility index (Phi) is 2.79. The molecule has 0 saturated carbocycles. The van der Waals surface area contributed by atoms with Gasteiger partial charge in [-0.1, -0.05) is 42.1 Å². The molecule has 0 saturated heterocycles. The highest BCUT2D eigenvalue weighted by atomic mass is 32.2. The van der Waals surface area contributed by atoms with Crippen LogP contribution in [0, 0.1) is 0 Å². The lowest BCUT2D eigenvalue weighted by Crippen LogP contribution is -2.33. The van der Waals surface area contributed by atoms with Crippen molar-refractivity contribution in [3.8, 4) is 0 Å². The Hall–Kier alpha value is -0.930. The smallest absolute Gasteiger partial charge is 0.129 e. The molecular weight excluding hydrogens is 192 g/mol. The third kappa shape index (κ3) is 1.94. The van der Waals surface area contributed by atoms with Crippen LogP contribution in [0.25, 0.3) is 0 Å². The van der Waals surface area contributed by atoms with Crippen molar-refractivity contribution in [2.75, 3.05) is 0 Å². The van der Waals surface area contributed by atoms with Crippen molar-refractivity contribution in [3.63, 3.8) is 0 Å². The first kappa shape index (κ1) is 9.62. The number of nitrogens with zero attached hydrogens (tertiary/aromatic N) is 1. The Morgan fingerprint density at radius 2 is 2.07 bits per heavy atom. The Morgan fingerprint density at radius 3 is 2.64 bits per heavy atom. The first-order valence-electron chi connectivity index (χ1n) is 4.66. The van der Waals surface area contributed by atoms with Gasteiger partial charge in [0.25, 0.3) is 0 Å². The van der Waals surface area contributed by atoms with Crippen LogP contribution in [0.1, 0.15) is 12.5 Å². The van der Waals surface area contributed by atoms with Crippen molar-refractivity contribution in [2.45, 2.75) is 19.0 Å². The van der Waals surface area contributed by atoms with E-state index in [1.807, 2.05) is 6.07 Å². The van der Waals surface area contributed by atoms with Crippen LogP contribution in [0.5, 0.6) is 0 Å². The van der Waals surface area contributed by atoms with E-state index in [9.17, 15) is 0 Å². The van der Waals surface area contributed by atoms with Crippen LogP contribution < -0.4 is 5.73 Å². The molecule has 1 aromatic rings. The van der Waals surface area contributed by atoms with Crippen molar-refractivity contribution in [1.29, 1.82) is 0 Å². The normalized spacial score (nSPS) is 21.1. The SMILES string of the molecule is CC1=CSC(N)N1Cc1ccccc1. The number of hydrogen-bond donors (Lipinski definition) is 1. The first-order valence-corrected chi connectivity index (χ1v) is 5.60. The number of hydrogen-bond acceptors (Lipinski definition) is 3. The number of rotatable bonds is 2. The maximum absolute atomic E-state index is 5.95. The molecular formula is C11H14N2S. The molecule has 0 radical (unpaired) electrons. The summed E-state index contributed by atoms with van der Waals surface area (Å²) in [6.07, 6.45) is 0. The third-order valence-corrected chi connectivity index (χ3v) is 3.34. The number of benzene rings is 1. The minimum absolute atomic E-state index is 0.0789. The lowest BCUT2D eigenvalue weighted by Gasteiger charge is -2.24. The largest absolute Gasteiger partial charge is 0.346 e. The highest BCUT2D eigenvalue weighted by Gasteiger charge is 2.20. The van der Waals surface area contributed by atoms with E-state index in [-0.39, 0.29) is 5.50 Å².